The molecule has 0 aromatic carbocycles. The van der Waals surface area contributed by atoms with Gasteiger partial charge in [-0.15, -0.1) is 0 Å². The Balaban J connectivity index is 3.38. The Morgan fingerprint density at radius 3 is 1.62 bits per heavy atom. The molecule has 0 aliphatic heterocycles. The second-order valence-electron chi connectivity index (χ2n) is 3.82. The minimum Gasteiger partial charge on any atom is -0.502 e. The molecule has 0 saturated carbocycles. The van der Waals surface area contributed by atoms with Crippen molar-refractivity contribution in [3.8, 4) is 0 Å². The Morgan fingerprint density at radius 1 is 0.810 bits per heavy atom. The lowest BCUT2D eigenvalue weighted by molar-refractivity contribution is 0.227. The lowest BCUT2D eigenvalue weighted by Gasteiger charge is -2.10. The Morgan fingerprint density at radius 2 is 1.24 bits per heavy atom. The highest BCUT2D eigenvalue weighted by Gasteiger charge is 2.01. The lowest BCUT2D eigenvalue weighted by atomic mass is 10.4. The highest BCUT2D eigenvalue weighted by atomic mass is 16.5. The first-order chi connectivity index (χ1) is 10.2. The van der Waals surface area contributed by atoms with Gasteiger partial charge in [-0.1, -0.05) is 13.2 Å². The maximum atomic E-state index is 11.3. The molecule has 8 nitrogen and oxygen atoms in total. The second-order valence-corrected chi connectivity index (χ2v) is 3.82. The SMILES string of the molecule is C=COCCCNC(=O)NCNC(=O)NCCCOC=C. The van der Waals surface area contributed by atoms with E-state index < -0.39 is 0 Å². The number of carbonyl (C=O) groups excluding carboxylic acids is 2. The predicted octanol–water partition coefficient (Wildman–Crippen LogP) is 0.643. The van der Waals surface area contributed by atoms with Crippen molar-refractivity contribution in [2.24, 2.45) is 0 Å². The van der Waals surface area contributed by atoms with E-state index in [9.17, 15) is 9.59 Å². The van der Waals surface area contributed by atoms with E-state index in [4.69, 9.17) is 9.47 Å². The minimum atomic E-state index is -0.353. The molecule has 0 fully saturated rings. The monoisotopic (exact) mass is 300 g/mol. The van der Waals surface area contributed by atoms with Crippen molar-refractivity contribution in [2.45, 2.75) is 12.8 Å². The third-order valence-electron chi connectivity index (χ3n) is 2.18. The van der Waals surface area contributed by atoms with Gasteiger partial charge in [-0.05, 0) is 12.8 Å². The van der Waals surface area contributed by atoms with Crippen LogP contribution in [0, 0.1) is 0 Å². The molecule has 0 bridgehead atoms. The average Bonchev–Trinajstić information content (AvgIpc) is 2.47. The molecule has 0 rings (SSSR count). The van der Waals surface area contributed by atoms with Crippen molar-refractivity contribution in [3.63, 3.8) is 0 Å². The number of amides is 4. The van der Waals surface area contributed by atoms with Gasteiger partial charge < -0.3 is 30.7 Å². The molecule has 8 heteroatoms. The first-order valence-corrected chi connectivity index (χ1v) is 6.69. The van der Waals surface area contributed by atoms with Gasteiger partial charge in [0.1, 0.15) is 0 Å². The van der Waals surface area contributed by atoms with E-state index in [0.29, 0.717) is 39.1 Å². The summed E-state index contributed by atoms with van der Waals surface area (Å²) in [4.78, 5) is 22.6. The van der Waals surface area contributed by atoms with Crippen molar-refractivity contribution in [1.82, 2.24) is 21.3 Å². The summed E-state index contributed by atoms with van der Waals surface area (Å²) in [7, 11) is 0. The molecule has 120 valence electrons. The number of hydrogen-bond donors (Lipinski definition) is 4. The molecule has 21 heavy (non-hydrogen) atoms. The third kappa shape index (κ3) is 13.8. The summed E-state index contributed by atoms with van der Waals surface area (Å²) in [5, 5.41) is 10.2. The van der Waals surface area contributed by atoms with Crippen molar-refractivity contribution < 1.29 is 19.1 Å². The molecule has 0 unspecified atom stereocenters. The summed E-state index contributed by atoms with van der Waals surface area (Å²) in [5.74, 6) is 0. The van der Waals surface area contributed by atoms with Crippen molar-refractivity contribution in [1.29, 1.82) is 0 Å². The van der Waals surface area contributed by atoms with Gasteiger partial charge in [0.2, 0.25) is 0 Å². The maximum absolute atomic E-state index is 11.3. The van der Waals surface area contributed by atoms with Gasteiger partial charge in [0.25, 0.3) is 0 Å². The number of hydrogen-bond acceptors (Lipinski definition) is 4. The van der Waals surface area contributed by atoms with Gasteiger partial charge in [0, 0.05) is 13.1 Å². The normalized spacial score (nSPS) is 9.14. The molecule has 4 amide bonds. The zero-order chi connectivity index (χ0) is 15.8. The number of ether oxygens (including phenoxy) is 2. The van der Waals surface area contributed by atoms with Gasteiger partial charge >= 0.3 is 12.1 Å². The number of rotatable bonds is 12. The van der Waals surface area contributed by atoms with E-state index in [1.54, 1.807) is 0 Å². The Labute approximate surface area is 124 Å². The van der Waals surface area contributed by atoms with E-state index >= 15 is 0 Å². The summed E-state index contributed by atoms with van der Waals surface area (Å²) in [6, 6.07) is -0.707. The van der Waals surface area contributed by atoms with Crippen LogP contribution in [-0.4, -0.2) is 45.0 Å². The van der Waals surface area contributed by atoms with Crippen LogP contribution in [0.15, 0.2) is 25.7 Å². The first-order valence-electron chi connectivity index (χ1n) is 6.69. The van der Waals surface area contributed by atoms with E-state index in [-0.39, 0.29) is 18.7 Å². The molecular weight excluding hydrogens is 276 g/mol. The topological polar surface area (TPSA) is 101 Å². The molecule has 4 N–H and O–H groups in total. The zero-order valence-corrected chi connectivity index (χ0v) is 12.2. The summed E-state index contributed by atoms with van der Waals surface area (Å²) in [5.41, 5.74) is 0. The van der Waals surface area contributed by atoms with Gasteiger partial charge in [0.15, 0.2) is 0 Å². The second kappa shape index (κ2) is 14.0. The van der Waals surface area contributed by atoms with Crippen molar-refractivity contribution in [2.75, 3.05) is 33.0 Å². The molecule has 0 saturated heterocycles. The molecule has 0 aromatic rings. The van der Waals surface area contributed by atoms with Crippen LogP contribution in [0.1, 0.15) is 12.8 Å². The highest BCUT2D eigenvalue weighted by molar-refractivity contribution is 5.76. The Kier molecular flexibility index (Phi) is 12.4. The van der Waals surface area contributed by atoms with Crippen LogP contribution in [0.5, 0.6) is 0 Å². The van der Waals surface area contributed by atoms with Crippen LogP contribution in [0.25, 0.3) is 0 Å². The predicted molar refractivity (Wildman–Crippen MR) is 79.5 cm³/mol. The fourth-order valence-electron chi connectivity index (χ4n) is 1.21. The average molecular weight is 300 g/mol. The van der Waals surface area contributed by atoms with Crippen molar-refractivity contribution >= 4 is 12.1 Å². The molecule has 0 heterocycles. The maximum Gasteiger partial charge on any atom is 0.316 e. The van der Waals surface area contributed by atoms with E-state index in [1.807, 2.05) is 0 Å². The van der Waals surface area contributed by atoms with Crippen LogP contribution in [0.2, 0.25) is 0 Å². The molecule has 0 aliphatic rings. The molecule has 0 atom stereocenters. The lowest BCUT2D eigenvalue weighted by Crippen LogP contribution is -2.46. The number of urea groups is 2. The molecule has 0 radical (unpaired) electrons. The largest absolute Gasteiger partial charge is 0.502 e. The summed E-state index contributed by atoms with van der Waals surface area (Å²) >= 11 is 0. The van der Waals surface area contributed by atoms with Crippen LogP contribution in [0.4, 0.5) is 9.59 Å². The van der Waals surface area contributed by atoms with Crippen LogP contribution in [-0.2, 0) is 9.47 Å². The first kappa shape index (κ1) is 18.6. The van der Waals surface area contributed by atoms with Gasteiger partial charge in [-0.25, -0.2) is 9.59 Å². The van der Waals surface area contributed by atoms with E-state index in [2.05, 4.69) is 34.4 Å². The minimum absolute atomic E-state index is 0.0456. The molecule has 0 aliphatic carbocycles. The van der Waals surface area contributed by atoms with Gasteiger partial charge in [-0.2, -0.15) is 0 Å². The van der Waals surface area contributed by atoms with Crippen LogP contribution in [0.3, 0.4) is 0 Å². The van der Waals surface area contributed by atoms with Crippen LogP contribution < -0.4 is 21.3 Å². The standard InChI is InChI=1S/C13H24N4O4/c1-3-20-9-5-7-14-12(18)16-11-17-13(19)15-8-6-10-21-4-2/h3-4H,1-2,5-11H2,(H2,14,16,18)(H2,15,17,19). The summed E-state index contributed by atoms with van der Waals surface area (Å²) in [6.45, 7) is 8.82. The van der Waals surface area contributed by atoms with Gasteiger partial charge in [0.05, 0.1) is 32.4 Å². The van der Waals surface area contributed by atoms with Gasteiger partial charge in [-0.3, -0.25) is 0 Å². The quantitative estimate of drug-likeness (QED) is 0.241. The molecule has 0 spiro atoms. The molecule has 0 aromatic heterocycles. The number of carbonyl (C=O) groups is 2. The summed E-state index contributed by atoms with van der Waals surface area (Å²) < 4.78 is 9.80. The van der Waals surface area contributed by atoms with Crippen LogP contribution >= 0.6 is 0 Å². The zero-order valence-electron chi connectivity index (χ0n) is 12.2. The summed E-state index contributed by atoms with van der Waals surface area (Å²) in [6.07, 6.45) is 4.07. The fourth-order valence-corrected chi connectivity index (χ4v) is 1.21. The molecular formula is C13H24N4O4. The highest BCUT2D eigenvalue weighted by Crippen LogP contribution is 1.81. The fraction of sp³-hybridized carbons (Fsp3) is 0.538. The Hall–Kier alpha value is -2.38. The van der Waals surface area contributed by atoms with Crippen molar-refractivity contribution in [3.05, 3.63) is 25.7 Å². The van der Waals surface area contributed by atoms with E-state index in [1.165, 1.54) is 12.5 Å². The Bertz CT molecular complexity index is 293. The third-order valence-corrected chi connectivity index (χ3v) is 2.18. The smallest absolute Gasteiger partial charge is 0.316 e. The van der Waals surface area contributed by atoms with E-state index in [0.717, 1.165) is 0 Å². The number of nitrogens with one attached hydrogen (secondary N) is 4.